The monoisotopic (exact) mass is 410 g/mol. The minimum atomic E-state index is 0. The van der Waals surface area contributed by atoms with Crippen LogP contribution in [0.3, 0.4) is 0 Å². The van der Waals surface area contributed by atoms with Gasteiger partial charge in [-0.1, -0.05) is 11.6 Å². The number of carbonyl (C=O) groups excluding carboxylic acids is 1. The summed E-state index contributed by atoms with van der Waals surface area (Å²) in [4.78, 5) is 16.7. The van der Waals surface area contributed by atoms with Crippen molar-refractivity contribution < 1.29 is 4.79 Å². The summed E-state index contributed by atoms with van der Waals surface area (Å²) in [5, 5.41) is 9.67. The first kappa shape index (κ1) is 19.2. The second-order valence-corrected chi connectivity index (χ2v) is 7.82. The van der Waals surface area contributed by atoms with Gasteiger partial charge in [-0.3, -0.25) is 4.79 Å². The molecule has 138 valence electrons. The van der Waals surface area contributed by atoms with Gasteiger partial charge in [0.25, 0.3) is 5.91 Å². The Bertz CT molecular complexity index is 935. The van der Waals surface area contributed by atoms with E-state index in [2.05, 4.69) is 17.3 Å². The highest BCUT2D eigenvalue weighted by atomic mass is 35.5. The fourth-order valence-corrected chi connectivity index (χ4v) is 4.46. The van der Waals surface area contributed by atoms with Crippen LogP contribution in [0.15, 0.2) is 30.3 Å². The highest BCUT2D eigenvalue weighted by molar-refractivity contribution is 7.20. The van der Waals surface area contributed by atoms with Gasteiger partial charge < -0.3 is 10.2 Å². The first-order valence-corrected chi connectivity index (χ1v) is 9.51. The number of nitrogens with one attached hydrogen (secondary N) is 1. The van der Waals surface area contributed by atoms with Crippen LogP contribution in [-0.2, 0) is 0 Å². The topological polar surface area (TPSA) is 50.2 Å². The van der Waals surface area contributed by atoms with Gasteiger partial charge in [0, 0.05) is 36.1 Å². The molecule has 0 bridgehead atoms. The molecule has 3 heterocycles. The molecule has 2 aromatic heterocycles. The standard InChI is InChI=1S/C18H19ClN4OS.ClH/c1-11-10-20-7-8-22(11)17(24)16-9-15-12(2)21-23(18(15)25-16)14-5-3-13(19)4-6-14;/h3-6,9,11,20H,7-8,10H2,1-2H3;1H/t11-;/m1./s1. The van der Waals surface area contributed by atoms with Gasteiger partial charge in [-0.2, -0.15) is 5.10 Å². The van der Waals surface area contributed by atoms with Crippen molar-refractivity contribution >= 4 is 51.5 Å². The number of carbonyl (C=O) groups is 1. The molecule has 1 amide bonds. The Balaban J connectivity index is 0.00000196. The summed E-state index contributed by atoms with van der Waals surface area (Å²) in [6.07, 6.45) is 0. The van der Waals surface area contributed by atoms with Gasteiger partial charge in [-0.25, -0.2) is 4.68 Å². The third kappa shape index (κ3) is 3.34. The van der Waals surface area contributed by atoms with Crippen LogP contribution in [0.25, 0.3) is 15.9 Å². The van der Waals surface area contributed by atoms with Crippen LogP contribution in [0, 0.1) is 6.92 Å². The summed E-state index contributed by atoms with van der Waals surface area (Å²) in [6, 6.07) is 9.76. The number of rotatable bonds is 2. The number of halogens is 2. The molecule has 1 saturated heterocycles. The van der Waals surface area contributed by atoms with Crippen molar-refractivity contribution in [3.8, 4) is 5.69 Å². The Morgan fingerprint density at radius 1 is 1.35 bits per heavy atom. The van der Waals surface area contributed by atoms with Crippen molar-refractivity contribution in [2.75, 3.05) is 19.6 Å². The van der Waals surface area contributed by atoms with Crippen LogP contribution in [0.2, 0.25) is 5.02 Å². The molecule has 1 N–H and O–H groups in total. The largest absolute Gasteiger partial charge is 0.333 e. The number of thiophene rings is 1. The lowest BCUT2D eigenvalue weighted by Gasteiger charge is -2.33. The number of benzene rings is 1. The minimum absolute atomic E-state index is 0. The van der Waals surface area contributed by atoms with Gasteiger partial charge in [-0.15, -0.1) is 23.7 Å². The summed E-state index contributed by atoms with van der Waals surface area (Å²) < 4.78 is 1.89. The summed E-state index contributed by atoms with van der Waals surface area (Å²) in [5.74, 6) is 0.109. The fourth-order valence-electron chi connectivity index (χ4n) is 3.19. The SMILES string of the molecule is Cc1nn(-c2ccc(Cl)cc2)c2sc(C(=O)N3CCNC[C@H]3C)cc12.Cl. The van der Waals surface area contributed by atoms with E-state index in [-0.39, 0.29) is 24.4 Å². The fraction of sp³-hybridized carbons (Fsp3) is 0.333. The second-order valence-electron chi connectivity index (χ2n) is 6.35. The number of nitrogens with zero attached hydrogens (tertiary/aromatic N) is 3. The third-order valence-electron chi connectivity index (χ3n) is 4.59. The Morgan fingerprint density at radius 2 is 2.08 bits per heavy atom. The number of amides is 1. The maximum absolute atomic E-state index is 12.9. The van der Waals surface area contributed by atoms with Crippen LogP contribution in [0.4, 0.5) is 0 Å². The lowest BCUT2D eigenvalue weighted by molar-refractivity contribution is 0.0661. The van der Waals surface area contributed by atoms with E-state index in [1.807, 2.05) is 46.8 Å². The molecule has 4 rings (SSSR count). The molecule has 1 aromatic carbocycles. The average Bonchev–Trinajstić information content (AvgIpc) is 3.17. The average molecular weight is 411 g/mol. The smallest absolute Gasteiger partial charge is 0.264 e. The van der Waals surface area contributed by atoms with Crippen molar-refractivity contribution in [1.29, 1.82) is 0 Å². The summed E-state index contributed by atoms with van der Waals surface area (Å²) in [5.41, 5.74) is 1.87. The maximum Gasteiger partial charge on any atom is 0.264 e. The molecule has 3 aromatic rings. The number of piperazine rings is 1. The summed E-state index contributed by atoms with van der Waals surface area (Å²) >= 11 is 7.49. The van der Waals surface area contributed by atoms with Crippen molar-refractivity contribution in [2.24, 2.45) is 0 Å². The van der Waals surface area contributed by atoms with E-state index in [4.69, 9.17) is 11.6 Å². The predicted molar refractivity (Wildman–Crippen MR) is 109 cm³/mol. The Kier molecular flexibility index (Phi) is 5.58. The van der Waals surface area contributed by atoms with Crippen molar-refractivity contribution in [2.45, 2.75) is 19.9 Å². The Hall–Kier alpha value is -1.60. The first-order valence-electron chi connectivity index (χ1n) is 8.31. The lowest BCUT2D eigenvalue weighted by Crippen LogP contribution is -2.52. The van der Waals surface area contributed by atoms with E-state index in [0.29, 0.717) is 5.02 Å². The van der Waals surface area contributed by atoms with Crippen LogP contribution < -0.4 is 5.32 Å². The number of fused-ring (bicyclic) bond motifs is 1. The molecule has 26 heavy (non-hydrogen) atoms. The zero-order chi connectivity index (χ0) is 17.6. The van der Waals surface area contributed by atoms with Gasteiger partial charge in [0.1, 0.15) is 4.83 Å². The molecular weight excluding hydrogens is 391 g/mol. The van der Waals surface area contributed by atoms with E-state index in [9.17, 15) is 4.79 Å². The second kappa shape index (κ2) is 7.56. The summed E-state index contributed by atoms with van der Waals surface area (Å²) in [7, 11) is 0. The van der Waals surface area contributed by atoms with E-state index in [0.717, 1.165) is 46.1 Å². The highest BCUT2D eigenvalue weighted by Crippen LogP contribution is 2.31. The Morgan fingerprint density at radius 3 is 2.77 bits per heavy atom. The molecule has 1 aliphatic heterocycles. The number of hydrogen-bond donors (Lipinski definition) is 1. The van der Waals surface area contributed by atoms with Gasteiger partial charge in [0.15, 0.2) is 0 Å². The zero-order valence-corrected chi connectivity index (χ0v) is 16.9. The quantitative estimate of drug-likeness (QED) is 0.696. The van der Waals surface area contributed by atoms with Crippen molar-refractivity contribution in [3.63, 3.8) is 0 Å². The molecule has 8 heteroatoms. The van der Waals surface area contributed by atoms with Crippen LogP contribution in [0.1, 0.15) is 22.3 Å². The van der Waals surface area contributed by atoms with Crippen LogP contribution in [0.5, 0.6) is 0 Å². The third-order valence-corrected chi connectivity index (χ3v) is 5.94. The van der Waals surface area contributed by atoms with E-state index in [1.165, 1.54) is 11.3 Å². The number of aromatic nitrogens is 2. The van der Waals surface area contributed by atoms with Gasteiger partial charge in [0.2, 0.25) is 0 Å². The first-order chi connectivity index (χ1) is 12.0. The molecule has 0 unspecified atom stereocenters. The molecule has 0 aliphatic carbocycles. The van der Waals surface area contributed by atoms with Crippen molar-refractivity contribution in [1.82, 2.24) is 20.0 Å². The number of aryl methyl sites for hydroxylation is 1. The van der Waals surface area contributed by atoms with Gasteiger partial charge in [0.05, 0.1) is 16.3 Å². The normalized spacial score (nSPS) is 17.3. The summed E-state index contributed by atoms with van der Waals surface area (Å²) in [6.45, 7) is 6.49. The van der Waals surface area contributed by atoms with Gasteiger partial charge >= 0.3 is 0 Å². The van der Waals surface area contributed by atoms with Crippen molar-refractivity contribution in [3.05, 3.63) is 45.9 Å². The molecule has 5 nitrogen and oxygen atoms in total. The predicted octanol–water partition coefficient (Wildman–Crippen LogP) is 3.90. The molecule has 1 aliphatic rings. The van der Waals surface area contributed by atoms with Gasteiger partial charge in [-0.05, 0) is 44.2 Å². The van der Waals surface area contributed by atoms with E-state index in [1.54, 1.807) is 0 Å². The molecule has 0 radical (unpaired) electrons. The Labute approximate surface area is 167 Å². The molecule has 1 atom stereocenters. The molecule has 0 spiro atoms. The van der Waals surface area contributed by atoms with E-state index >= 15 is 0 Å². The lowest BCUT2D eigenvalue weighted by atomic mass is 10.2. The maximum atomic E-state index is 12.9. The minimum Gasteiger partial charge on any atom is -0.333 e. The zero-order valence-electron chi connectivity index (χ0n) is 14.5. The number of hydrogen-bond acceptors (Lipinski definition) is 4. The van der Waals surface area contributed by atoms with E-state index < -0.39 is 0 Å². The van der Waals surface area contributed by atoms with Crippen LogP contribution in [-0.4, -0.2) is 46.3 Å². The molecular formula is C18H20Cl2N4OS. The molecule has 0 saturated carbocycles. The molecule has 1 fully saturated rings. The highest BCUT2D eigenvalue weighted by Gasteiger charge is 2.26. The van der Waals surface area contributed by atoms with Crippen LogP contribution >= 0.6 is 35.3 Å².